The van der Waals surface area contributed by atoms with Crippen LogP contribution in [0.1, 0.15) is 28.8 Å². The quantitative estimate of drug-likeness (QED) is 0.264. The molecule has 9 heteroatoms. The molecule has 2 aliphatic rings. The highest BCUT2D eigenvalue weighted by molar-refractivity contribution is 6.45. The number of piperidine rings is 1. The Morgan fingerprint density at radius 3 is 2.37 bits per heavy atom. The highest BCUT2D eigenvalue weighted by Gasteiger charge is 2.33. The number of hydrogen-bond donors (Lipinski definition) is 2. The number of anilines is 1. The normalized spacial score (nSPS) is 15.8. The van der Waals surface area contributed by atoms with E-state index in [2.05, 4.69) is 16.4 Å². The van der Waals surface area contributed by atoms with E-state index in [1.54, 1.807) is 18.2 Å². The van der Waals surface area contributed by atoms with Gasteiger partial charge in [0.05, 0.1) is 35.0 Å². The van der Waals surface area contributed by atoms with Crippen molar-refractivity contribution in [1.29, 1.82) is 5.26 Å². The first-order chi connectivity index (χ1) is 17.0. The van der Waals surface area contributed by atoms with Crippen molar-refractivity contribution in [2.75, 3.05) is 24.5 Å². The highest BCUT2D eigenvalue weighted by atomic mass is 16.2. The van der Waals surface area contributed by atoms with E-state index in [9.17, 15) is 24.4 Å². The van der Waals surface area contributed by atoms with Gasteiger partial charge >= 0.3 is 6.03 Å². The Hall–Kier alpha value is -4.71. The molecule has 0 atom stereocenters. The number of rotatable bonds is 4. The van der Waals surface area contributed by atoms with Crippen molar-refractivity contribution in [2.24, 2.45) is 0 Å². The highest BCUT2D eigenvalue weighted by Crippen LogP contribution is 2.31. The van der Waals surface area contributed by atoms with E-state index in [-0.39, 0.29) is 12.1 Å². The Kier molecular flexibility index (Phi) is 5.63. The second-order valence-electron chi connectivity index (χ2n) is 8.37. The fourth-order valence-corrected chi connectivity index (χ4v) is 4.62. The third-order valence-electron chi connectivity index (χ3n) is 6.40. The van der Waals surface area contributed by atoms with Gasteiger partial charge in [0.25, 0.3) is 17.6 Å². The van der Waals surface area contributed by atoms with Crippen molar-refractivity contribution in [3.8, 4) is 6.07 Å². The molecule has 2 aliphatic heterocycles. The van der Waals surface area contributed by atoms with E-state index >= 15 is 0 Å². The smallest absolute Gasteiger partial charge is 0.329 e. The predicted molar refractivity (Wildman–Crippen MR) is 128 cm³/mol. The molecule has 4 amide bonds. The number of imide groups is 1. The maximum Gasteiger partial charge on any atom is 0.329 e. The number of ketones is 1. The molecule has 3 aromatic rings. The van der Waals surface area contributed by atoms with Crippen LogP contribution in [-0.4, -0.2) is 53.1 Å². The lowest BCUT2D eigenvalue weighted by Gasteiger charge is -2.28. The number of hydrogen-bond acceptors (Lipinski definition) is 5. The van der Waals surface area contributed by atoms with E-state index in [1.165, 1.54) is 11.1 Å². The van der Waals surface area contributed by atoms with E-state index in [4.69, 9.17) is 0 Å². The summed E-state index contributed by atoms with van der Waals surface area (Å²) in [5.41, 5.74) is 3.38. The minimum atomic E-state index is -0.665. The van der Waals surface area contributed by atoms with Gasteiger partial charge in [0, 0.05) is 24.7 Å². The molecule has 2 aromatic carbocycles. The van der Waals surface area contributed by atoms with Gasteiger partial charge in [0.15, 0.2) is 0 Å². The largest absolute Gasteiger partial charge is 0.359 e. The van der Waals surface area contributed by atoms with Crippen LogP contribution in [0.2, 0.25) is 0 Å². The van der Waals surface area contributed by atoms with Crippen LogP contribution in [0.25, 0.3) is 16.5 Å². The van der Waals surface area contributed by atoms with Crippen LogP contribution in [0.3, 0.4) is 0 Å². The topological polar surface area (TPSA) is 126 Å². The summed E-state index contributed by atoms with van der Waals surface area (Å²) < 4.78 is 0. The fraction of sp³-hybridized carbons (Fsp3) is 0.192. The zero-order chi connectivity index (χ0) is 24.5. The summed E-state index contributed by atoms with van der Waals surface area (Å²) in [6.45, 7) is 0.589. The Bertz CT molecular complexity index is 1420. The van der Waals surface area contributed by atoms with Crippen molar-refractivity contribution in [3.05, 3.63) is 71.4 Å². The van der Waals surface area contributed by atoms with Crippen LogP contribution in [0.15, 0.2) is 60.3 Å². The van der Waals surface area contributed by atoms with Crippen LogP contribution in [0.4, 0.5) is 10.5 Å². The average Bonchev–Trinajstić information content (AvgIpc) is 3.47. The molecule has 35 heavy (non-hydrogen) atoms. The number of nitrogens with zero attached hydrogens (tertiary/aromatic N) is 3. The Morgan fingerprint density at radius 2 is 1.71 bits per heavy atom. The van der Waals surface area contributed by atoms with Gasteiger partial charge in [-0.2, -0.15) is 5.26 Å². The van der Waals surface area contributed by atoms with E-state index < -0.39 is 23.6 Å². The summed E-state index contributed by atoms with van der Waals surface area (Å²) in [5, 5.41) is 12.6. The third-order valence-corrected chi connectivity index (χ3v) is 6.40. The predicted octanol–water partition coefficient (Wildman–Crippen LogP) is 3.01. The number of likely N-dealkylation sites (tertiary alicyclic amines) is 1. The number of benzene rings is 2. The number of H-pyrrole nitrogens is 1. The van der Waals surface area contributed by atoms with Crippen molar-refractivity contribution in [3.63, 3.8) is 0 Å². The van der Waals surface area contributed by atoms with Gasteiger partial charge in [0.1, 0.15) is 0 Å². The van der Waals surface area contributed by atoms with Crippen LogP contribution < -0.4 is 10.2 Å². The lowest BCUT2D eigenvalue weighted by molar-refractivity contribution is -0.126. The molecular weight excluding hydrogens is 446 g/mol. The summed E-state index contributed by atoms with van der Waals surface area (Å²) in [6, 6.07) is 16.1. The maximum atomic E-state index is 13.1. The molecule has 2 saturated heterocycles. The summed E-state index contributed by atoms with van der Waals surface area (Å²) in [7, 11) is 0. The summed E-state index contributed by atoms with van der Waals surface area (Å²) in [6.07, 6.45) is 2.47. The molecule has 0 aliphatic carbocycles. The van der Waals surface area contributed by atoms with E-state index in [0.717, 1.165) is 16.0 Å². The number of fused-ring (bicyclic) bond motifs is 1. The van der Waals surface area contributed by atoms with Crippen LogP contribution in [0, 0.1) is 11.3 Å². The SMILES string of the molecule is N#CC(=C1CCN(C(=O)C(=O)c2c[nH]c3c(N4C(=O)CNC4=O)cccc23)CC1)c1ccccc1. The van der Waals surface area contributed by atoms with Gasteiger partial charge in [-0.05, 0) is 30.0 Å². The number of aromatic nitrogens is 1. The summed E-state index contributed by atoms with van der Waals surface area (Å²) in [4.78, 5) is 55.9. The van der Waals surface area contributed by atoms with Gasteiger partial charge in [-0.1, -0.05) is 42.5 Å². The zero-order valence-electron chi connectivity index (χ0n) is 18.7. The Balaban J connectivity index is 1.36. The van der Waals surface area contributed by atoms with Gasteiger partial charge in [-0.15, -0.1) is 0 Å². The van der Waals surface area contributed by atoms with Crippen molar-refractivity contribution in [1.82, 2.24) is 15.2 Å². The number of aromatic amines is 1. The molecule has 9 nitrogen and oxygen atoms in total. The van der Waals surface area contributed by atoms with Gasteiger partial charge < -0.3 is 15.2 Å². The van der Waals surface area contributed by atoms with E-state index in [1.807, 2.05) is 30.3 Å². The first-order valence-electron chi connectivity index (χ1n) is 11.2. The molecule has 0 unspecified atom stereocenters. The number of para-hydroxylation sites is 1. The number of nitrogens with one attached hydrogen (secondary N) is 2. The number of carbonyl (C=O) groups is 4. The number of allylic oxidation sites excluding steroid dienone is 1. The number of Topliss-reactive ketones (excluding diaryl/α,β-unsaturated/α-hetero) is 1. The molecular formula is C26H21N5O4. The van der Waals surface area contributed by atoms with Crippen molar-refractivity contribution in [2.45, 2.75) is 12.8 Å². The van der Waals surface area contributed by atoms with Crippen LogP contribution in [-0.2, 0) is 9.59 Å². The van der Waals surface area contributed by atoms with Gasteiger partial charge in [-0.25, -0.2) is 9.69 Å². The number of urea groups is 1. The average molecular weight is 467 g/mol. The van der Waals surface area contributed by atoms with Crippen molar-refractivity contribution >= 4 is 45.8 Å². The standard InChI is InChI=1S/C26H21N5O4/c27-13-19(16-5-2-1-3-6-16)17-9-11-30(12-10-17)25(34)24(33)20-14-28-23-18(20)7-4-8-21(23)31-22(32)15-29-26(31)35/h1-8,14,28H,9-12,15H2,(H,29,35). The summed E-state index contributed by atoms with van der Waals surface area (Å²) >= 11 is 0. The number of nitriles is 1. The molecule has 0 radical (unpaired) electrons. The second-order valence-corrected chi connectivity index (χ2v) is 8.37. The monoisotopic (exact) mass is 467 g/mol. The molecule has 0 bridgehead atoms. The van der Waals surface area contributed by atoms with Gasteiger partial charge in [-0.3, -0.25) is 14.4 Å². The summed E-state index contributed by atoms with van der Waals surface area (Å²) in [5.74, 6) is -1.68. The lowest BCUT2D eigenvalue weighted by atomic mass is 9.93. The third kappa shape index (κ3) is 3.85. The van der Waals surface area contributed by atoms with Gasteiger partial charge in [0.2, 0.25) is 0 Å². The first-order valence-corrected chi connectivity index (χ1v) is 11.2. The van der Waals surface area contributed by atoms with Crippen molar-refractivity contribution < 1.29 is 19.2 Å². The fourth-order valence-electron chi connectivity index (χ4n) is 4.62. The molecule has 2 N–H and O–H groups in total. The molecule has 2 fully saturated rings. The van der Waals surface area contributed by atoms with E-state index in [0.29, 0.717) is 48.1 Å². The molecule has 174 valence electrons. The zero-order valence-corrected chi connectivity index (χ0v) is 18.7. The molecule has 0 spiro atoms. The Morgan fingerprint density at radius 1 is 0.971 bits per heavy atom. The van der Waals surface area contributed by atoms with Crippen LogP contribution >= 0.6 is 0 Å². The van der Waals surface area contributed by atoms with Crippen LogP contribution in [0.5, 0.6) is 0 Å². The maximum absolute atomic E-state index is 13.1. The molecule has 0 saturated carbocycles. The second kappa shape index (κ2) is 8.91. The lowest BCUT2D eigenvalue weighted by Crippen LogP contribution is -2.40. The number of amides is 4. The minimum Gasteiger partial charge on any atom is -0.359 e. The Labute approximate surface area is 200 Å². The molecule has 5 rings (SSSR count). The number of carbonyl (C=O) groups excluding carboxylic acids is 4. The minimum absolute atomic E-state index is 0.0939. The molecule has 1 aromatic heterocycles. The first kappa shape index (κ1) is 22.1. The molecule has 3 heterocycles.